The molecule has 0 spiro atoms. The molecule has 57 heavy (non-hydrogen) atoms. The third kappa shape index (κ3) is 7.10. The lowest BCUT2D eigenvalue weighted by Crippen LogP contribution is -2.25. The number of hydrogen-bond donors (Lipinski definition) is 0. The standard InChI is InChI=1S/C55H52N2/c1-54(2,3)43-26-31-47(32-27-43)57(48-30-25-41-14-12-13-15-42(41)37-48)46-28-22-39(23-29-46)20-21-40-24-34-50-51-35-33-49(38-53(51)55(4,5)52(50)36-40)56(44-16-8-6-9-17-44)45-18-10-7-11-19-45/h6,8-10,12-35,37-38,52H,7,11,36H2,1-5H3/b21-20+. The van der Waals surface area contributed by atoms with Crippen molar-refractivity contribution in [2.24, 2.45) is 5.92 Å². The Kier molecular flexibility index (Phi) is 9.45. The molecular formula is C55H52N2. The molecule has 0 radical (unpaired) electrons. The Morgan fingerprint density at radius 1 is 0.596 bits per heavy atom. The first-order valence-electron chi connectivity index (χ1n) is 20.6. The van der Waals surface area contributed by atoms with Gasteiger partial charge in [0.2, 0.25) is 0 Å². The zero-order valence-corrected chi connectivity index (χ0v) is 33.9. The zero-order valence-electron chi connectivity index (χ0n) is 33.9. The Bertz CT molecular complexity index is 2590. The van der Waals surface area contributed by atoms with E-state index in [2.05, 4.69) is 226 Å². The first-order chi connectivity index (χ1) is 27.6. The topological polar surface area (TPSA) is 6.48 Å². The Labute approximate surface area is 339 Å². The van der Waals surface area contributed by atoms with E-state index in [1.807, 2.05) is 0 Å². The summed E-state index contributed by atoms with van der Waals surface area (Å²) in [6, 6.07) is 51.4. The summed E-state index contributed by atoms with van der Waals surface area (Å²) in [5.74, 6) is 0.425. The second-order valence-electron chi connectivity index (χ2n) is 17.4. The molecule has 2 heteroatoms. The van der Waals surface area contributed by atoms with Gasteiger partial charge in [0.05, 0.1) is 0 Å². The van der Waals surface area contributed by atoms with Crippen LogP contribution in [0.15, 0.2) is 187 Å². The van der Waals surface area contributed by atoms with Crippen LogP contribution in [0.1, 0.15) is 76.1 Å². The van der Waals surface area contributed by atoms with E-state index < -0.39 is 0 Å². The average Bonchev–Trinajstić information content (AvgIpc) is 3.46. The van der Waals surface area contributed by atoms with Gasteiger partial charge in [-0.05, 0) is 147 Å². The number of benzene rings is 6. The van der Waals surface area contributed by atoms with E-state index in [0.717, 1.165) is 36.3 Å². The summed E-state index contributed by atoms with van der Waals surface area (Å²) in [7, 11) is 0. The summed E-state index contributed by atoms with van der Waals surface area (Å²) in [5.41, 5.74) is 15.4. The van der Waals surface area contributed by atoms with Crippen LogP contribution in [0.5, 0.6) is 0 Å². The van der Waals surface area contributed by atoms with Gasteiger partial charge in [0.25, 0.3) is 0 Å². The number of allylic oxidation sites excluding steroid dienone is 8. The molecule has 1 unspecified atom stereocenters. The van der Waals surface area contributed by atoms with Crippen molar-refractivity contribution in [1.82, 2.24) is 0 Å². The normalized spacial score (nSPS) is 17.1. The summed E-state index contributed by atoms with van der Waals surface area (Å²) in [6.07, 6.45) is 19.5. The maximum Gasteiger partial charge on any atom is 0.0468 e. The van der Waals surface area contributed by atoms with Crippen molar-refractivity contribution in [3.63, 3.8) is 0 Å². The summed E-state index contributed by atoms with van der Waals surface area (Å²) in [4.78, 5) is 4.79. The lowest BCUT2D eigenvalue weighted by Gasteiger charge is -2.32. The lowest BCUT2D eigenvalue weighted by molar-refractivity contribution is 0.410. The van der Waals surface area contributed by atoms with Gasteiger partial charge in [-0.1, -0.05) is 150 Å². The fourth-order valence-corrected chi connectivity index (χ4v) is 9.02. The molecule has 0 bridgehead atoms. The highest BCUT2D eigenvalue weighted by atomic mass is 15.1. The van der Waals surface area contributed by atoms with Crippen molar-refractivity contribution in [3.8, 4) is 0 Å². The first-order valence-corrected chi connectivity index (χ1v) is 20.6. The number of hydrogen-bond acceptors (Lipinski definition) is 2. The maximum absolute atomic E-state index is 2.46. The Morgan fingerprint density at radius 3 is 1.96 bits per heavy atom. The lowest BCUT2D eigenvalue weighted by atomic mass is 9.73. The summed E-state index contributed by atoms with van der Waals surface area (Å²) in [6.45, 7) is 11.7. The number of rotatable bonds is 8. The highest BCUT2D eigenvalue weighted by molar-refractivity contribution is 5.89. The van der Waals surface area contributed by atoms with Crippen LogP contribution in [-0.4, -0.2) is 0 Å². The van der Waals surface area contributed by atoms with Crippen LogP contribution in [0.2, 0.25) is 0 Å². The Morgan fingerprint density at radius 2 is 1.25 bits per heavy atom. The molecule has 0 aliphatic heterocycles. The minimum Gasteiger partial charge on any atom is -0.311 e. The third-order valence-corrected chi connectivity index (χ3v) is 12.3. The van der Waals surface area contributed by atoms with Gasteiger partial charge in [-0.2, -0.15) is 0 Å². The maximum atomic E-state index is 2.46. The quantitative estimate of drug-likeness (QED) is 0.153. The van der Waals surface area contributed by atoms with E-state index in [0.29, 0.717) is 5.92 Å². The SMILES string of the molecule is CC(C)(C)c1ccc(N(c2ccc(/C=C/C3=CC=C4c5ccc(N(C6=CCCC=C6)c6ccccc6)cc5C(C)(C)C4C3)cc2)c2ccc3ccccc3c2)cc1. The van der Waals surface area contributed by atoms with Gasteiger partial charge in [0.15, 0.2) is 0 Å². The molecule has 3 aliphatic rings. The van der Waals surface area contributed by atoms with Gasteiger partial charge in [-0.25, -0.2) is 0 Å². The molecule has 0 N–H and O–H groups in total. The smallest absolute Gasteiger partial charge is 0.0468 e. The van der Waals surface area contributed by atoms with E-state index >= 15 is 0 Å². The van der Waals surface area contributed by atoms with Crippen molar-refractivity contribution in [3.05, 3.63) is 210 Å². The minimum atomic E-state index is 0.00260. The highest BCUT2D eigenvalue weighted by Crippen LogP contribution is 2.55. The van der Waals surface area contributed by atoms with E-state index in [-0.39, 0.29) is 10.8 Å². The van der Waals surface area contributed by atoms with E-state index in [1.165, 1.54) is 61.2 Å². The minimum absolute atomic E-state index is 0.00260. The highest BCUT2D eigenvalue weighted by Gasteiger charge is 2.44. The van der Waals surface area contributed by atoms with Crippen molar-refractivity contribution in [1.29, 1.82) is 0 Å². The molecule has 0 heterocycles. The van der Waals surface area contributed by atoms with Gasteiger partial charge in [-0.15, -0.1) is 0 Å². The van der Waals surface area contributed by atoms with Gasteiger partial charge in [0, 0.05) is 34.1 Å². The summed E-state index contributed by atoms with van der Waals surface area (Å²) < 4.78 is 0. The molecular weight excluding hydrogens is 689 g/mol. The van der Waals surface area contributed by atoms with Gasteiger partial charge in [0.1, 0.15) is 0 Å². The van der Waals surface area contributed by atoms with Crippen LogP contribution in [0.25, 0.3) is 22.4 Å². The summed E-state index contributed by atoms with van der Waals surface area (Å²) in [5, 5.41) is 2.49. The number of anilines is 5. The molecule has 1 atom stereocenters. The van der Waals surface area contributed by atoms with Crippen LogP contribution in [0, 0.1) is 5.92 Å². The van der Waals surface area contributed by atoms with Gasteiger partial charge < -0.3 is 9.80 Å². The number of fused-ring (bicyclic) bond motifs is 4. The fourth-order valence-electron chi connectivity index (χ4n) is 9.02. The Hall–Kier alpha value is -6.12. The monoisotopic (exact) mass is 740 g/mol. The van der Waals surface area contributed by atoms with Crippen LogP contribution < -0.4 is 9.80 Å². The number of para-hydroxylation sites is 1. The molecule has 0 amide bonds. The van der Waals surface area contributed by atoms with E-state index in [9.17, 15) is 0 Å². The predicted molar refractivity (Wildman–Crippen MR) is 245 cm³/mol. The number of nitrogens with zero attached hydrogens (tertiary/aromatic N) is 2. The molecule has 0 fully saturated rings. The molecule has 6 aromatic carbocycles. The fraction of sp³-hybridized carbons (Fsp3) is 0.200. The van der Waals surface area contributed by atoms with Crippen LogP contribution in [-0.2, 0) is 10.8 Å². The molecule has 6 aromatic rings. The van der Waals surface area contributed by atoms with E-state index in [4.69, 9.17) is 0 Å². The van der Waals surface area contributed by atoms with Crippen LogP contribution in [0.3, 0.4) is 0 Å². The first kappa shape index (κ1) is 36.5. The second kappa shape index (κ2) is 14.8. The largest absolute Gasteiger partial charge is 0.311 e. The van der Waals surface area contributed by atoms with Crippen molar-refractivity contribution < 1.29 is 0 Å². The van der Waals surface area contributed by atoms with Crippen molar-refractivity contribution >= 4 is 50.9 Å². The van der Waals surface area contributed by atoms with Crippen LogP contribution in [0.4, 0.5) is 28.4 Å². The zero-order chi connectivity index (χ0) is 39.1. The second-order valence-corrected chi connectivity index (χ2v) is 17.4. The molecule has 0 aromatic heterocycles. The predicted octanol–water partition coefficient (Wildman–Crippen LogP) is 15.3. The van der Waals surface area contributed by atoms with Gasteiger partial charge in [-0.3, -0.25) is 0 Å². The molecule has 282 valence electrons. The van der Waals surface area contributed by atoms with Gasteiger partial charge >= 0.3 is 0 Å². The Balaban J connectivity index is 0.975. The molecule has 9 rings (SSSR count). The third-order valence-electron chi connectivity index (χ3n) is 12.3. The molecule has 0 saturated heterocycles. The molecule has 3 aliphatic carbocycles. The van der Waals surface area contributed by atoms with Crippen LogP contribution >= 0.6 is 0 Å². The van der Waals surface area contributed by atoms with Crippen molar-refractivity contribution in [2.75, 3.05) is 9.80 Å². The average molecular weight is 741 g/mol. The molecule has 0 saturated carbocycles. The van der Waals surface area contributed by atoms with E-state index in [1.54, 1.807) is 0 Å². The van der Waals surface area contributed by atoms with Crippen molar-refractivity contribution in [2.45, 2.75) is 64.7 Å². The molecule has 2 nitrogen and oxygen atoms in total. The summed E-state index contributed by atoms with van der Waals surface area (Å²) >= 11 is 0.